The van der Waals surface area contributed by atoms with Crippen molar-refractivity contribution in [3.63, 3.8) is 0 Å². The van der Waals surface area contributed by atoms with E-state index in [9.17, 15) is 5.11 Å². The monoisotopic (exact) mass is 180 g/mol. The number of anilines is 1. The number of rotatable bonds is 2. The van der Waals surface area contributed by atoms with Crippen LogP contribution in [0.5, 0.6) is 0 Å². The minimum absolute atomic E-state index is 0.110. The Morgan fingerprint density at radius 2 is 2.15 bits per heavy atom. The van der Waals surface area contributed by atoms with Gasteiger partial charge < -0.3 is 10.8 Å². The van der Waals surface area contributed by atoms with Gasteiger partial charge >= 0.3 is 0 Å². The summed E-state index contributed by atoms with van der Waals surface area (Å²) in [5.74, 6) is 0.110. The van der Waals surface area contributed by atoms with Crippen molar-refractivity contribution in [3.05, 3.63) is 24.0 Å². The van der Waals surface area contributed by atoms with Crippen LogP contribution in [0.1, 0.15) is 26.3 Å². The van der Waals surface area contributed by atoms with Crippen LogP contribution in [0.25, 0.3) is 0 Å². The highest BCUT2D eigenvalue weighted by Gasteiger charge is 2.29. The Kier molecular flexibility index (Phi) is 2.57. The van der Waals surface area contributed by atoms with Crippen molar-refractivity contribution < 1.29 is 5.11 Å². The highest BCUT2D eigenvalue weighted by molar-refractivity contribution is 5.47. The SMILES string of the molecule is CC(C)C(C)(O)c1cnccc1N. The Labute approximate surface area is 78.6 Å². The summed E-state index contributed by atoms with van der Waals surface area (Å²) in [6, 6.07) is 1.70. The first-order chi connectivity index (χ1) is 5.96. The van der Waals surface area contributed by atoms with E-state index in [0.717, 1.165) is 0 Å². The second kappa shape index (κ2) is 3.34. The van der Waals surface area contributed by atoms with Crippen LogP contribution >= 0.6 is 0 Å². The third-order valence-electron chi connectivity index (χ3n) is 2.52. The molecule has 3 N–H and O–H groups in total. The summed E-state index contributed by atoms with van der Waals surface area (Å²) in [7, 11) is 0. The van der Waals surface area contributed by atoms with Gasteiger partial charge in [-0.15, -0.1) is 0 Å². The molecule has 3 nitrogen and oxygen atoms in total. The zero-order chi connectivity index (χ0) is 10.1. The lowest BCUT2D eigenvalue weighted by molar-refractivity contribution is 0.00948. The van der Waals surface area contributed by atoms with Gasteiger partial charge in [0, 0.05) is 23.6 Å². The van der Waals surface area contributed by atoms with Gasteiger partial charge in [-0.2, -0.15) is 0 Å². The second-order valence-electron chi connectivity index (χ2n) is 3.77. The summed E-state index contributed by atoms with van der Waals surface area (Å²) in [4.78, 5) is 3.95. The molecule has 0 spiro atoms. The maximum atomic E-state index is 10.1. The number of nitrogen functional groups attached to an aromatic ring is 1. The first kappa shape index (κ1) is 9.99. The molecule has 1 aromatic rings. The minimum Gasteiger partial charge on any atom is -0.398 e. The zero-order valence-electron chi connectivity index (χ0n) is 8.28. The van der Waals surface area contributed by atoms with Gasteiger partial charge in [-0.1, -0.05) is 13.8 Å². The Bertz CT molecular complexity index is 295. The molecule has 0 radical (unpaired) electrons. The Hall–Kier alpha value is -1.09. The molecule has 0 saturated carbocycles. The van der Waals surface area contributed by atoms with Gasteiger partial charge in [0.2, 0.25) is 0 Å². The van der Waals surface area contributed by atoms with Crippen LogP contribution in [-0.2, 0) is 5.60 Å². The molecular weight excluding hydrogens is 164 g/mol. The van der Waals surface area contributed by atoms with Crippen LogP contribution in [0.2, 0.25) is 0 Å². The largest absolute Gasteiger partial charge is 0.398 e. The van der Waals surface area contributed by atoms with Crippen LogP contribution < -0.4 is 5.73 Å². The second-order valence-corrected chi connectivity index (χ2v) is 3.77. The quantitative estimate of drug-likeness (QED) is 0.725. The number of hydrogen-bond donors (Lipinski definition) is 2. The first-order valence-electron chi connectivity index (χ1n) is 4.38. The number of nitrogens with two attached hydrogens (primary N) is 1. The predicted molar refractivity (Wildman–Crippen MR) is 53.1 cm³/mol. The van der Waals surface area contributed by atoms with E-state index in [1.54, 1.807) is 25.4 Å². The summed E-state index contributed by atoms with van der Waals surface area (Å²) in [6.07, 6.45) is 3.24. The molecule has 1 rings (SSSR count). The van der Waals surface area contributed by atoms with E-state index in [-0.39, 0.29) is 5.92 Å². The van der Waals surface area contributed by atoms with Crippen molar-refractivity contribution in [1.82, 2.24) is 4.98 Å². The van der Waals surface area contributed by atoms with Crippen molar-refractivity contribution in [2.75, 3.05) is 5.73 Å². The molecule has 1 unspecified atom stereocenters. The molecule has 0 fully saturated rings. The van der Waals surface area contributed by atoms with Crippen LogP contribution in [0.3, 0.4) is 0 Å². The lowest BCUT2D eigenvalue weighted by atomic mass is 9.85. The molecule has 72 valence electrons. The molecular formula is C10H16N2O. The van der Waals surface area contributed by atoms with Crippen LogP contribution in [0.15, 0.2) is 18.5 Å². The van der Waals surface area contributed by atoms with E-state index in [0.29, 0.717) is 11.3 Å². The summed E-state index contributed by atoms with van der Waals surface area (Å²) in [5.41, 5.74) is 6.13. The summed E-state index contributed by atoms with van der Waals surface area (Å²) >= 11 is 0. The molecule has 13 heavy (non-hydrogen) atoms. The fraction of sp³-hybridized carbons (Fsp3) is 0.500. The van der Waals surface area contributed by atoms with E-state index in [4.69, 9.17) is 5.73 Å². The fourth-order valence-electron chi connectivity index (χ4n) is 1.14. The Morgan fingerprint density at radius 1 is 1.54 bits per heavy atom. The fourth-order valence-corrected chi connectivity index (χ4v) is 1.14. The molecule has 1 aromatic heterocycles. The summed E-state index contributed by atoms with van der Waals surface area (Å²) in [5, 5.41) is 10.1. The molecule has 0 amide bonds. The number of hydrogen-bond acceptors (Lipinski definition) is 3. The average Bonchev–Trinajstić information content (AvgIpc) is 2.04. The zero-order valence-corrected chi connectivity index (χ0v) is 8.28. The van der Waals surface area contributed by atoms with E-state index in [2.05, 4.69) is 4.98 Å². The molecule has 0 aliphatic carbocycles. The molecule has 1 heterocycles. The van der Waals surface area contributed by atoms with Gasteiger partial charge in [-0.3, -0.25) is 4.98 Å². The Balaban J connectivity index is 3.14. The minimum atomic E-state index is -0.904. The van der Waals surface area contributed by atoms with Crippen molar-refractivity contribution in [2.45, 2.75) is 26.4 Å². The normalized spacial score (nSPS) is 15.8. The van der Waals surface area contributed by atoms with E-state index in [1.165, 1.54) is 0 Å². The number of pyridine rings is 1. The van der Waals surface area contributed by atoms with Gasteiger partial charge in [0.15, 0.2) is 0 Å². The highest BCUT2D eigenvalue weighted by atomic mass is 16.3. The number of nitrogens with zero attached hydrogens (tertiary/aromatic N) is 1. The van der Waals surface area contributed by atoms with Crippen molar-refractivity contribution in [2.24, 2.45) is 5.92 Å². The summed E-state index contributed by atoms with van der Waals surface area (Å²) in [6.45, 7) is 5.66. The number of aromatic nitrogens is 1. The van der Waals surface area contributed by atoms with Gasteiger partial charge in [-0.05, 0) is 18.9 Å². The maximum Gasteiger partial charge on any atom is 0.0926 e. The third-order valence-corrected chi connectivity index (χ3v) is 2.52. The van der Waals surface area contributed by atoms with Crippen LogP contribution in [0, 0.1) is 5.92 Å². The highest BCUT2D eigenvalue weighted by Crippen LogP contribution is 2.31. The molecule has 0 aliphatic heterocycles. The Morgan fingerprint density at radius 3 is 2.62 bits per heavy atom. The predicted octanol–water partition coefficient (Wildman–Crippen LogP) is 1.53. The third kappa shape index (κ3) is 1.80. The van der Waals surface area contributed by atoms with Crippen molar-refractivity contribution in [1.29, 1.82) is 0 Å². The van der Waals surface area contributed by atoms with E-state index < -0.39 is 5.60 Å². The van der Waals surface area contributed by atoms with Gasteiger partial charge in [0.05, 0.1) is 5.60 Å². The number of aliphatic hydroxyl groups is 1. The average molecular weight is 180 g/mol. The smallest absolute Gasteiger partial charge is 0.0926 e. The van der Waals surface area contributed by atoms with Crippen LogP contribution in [0.4, 0.5) is 5.69 Å². The standard InChI is InChI=1S/C10H16N2O/c1-7(2)10(3,13)8-6-12-5-4-9(8)11/h4-7,13H,1-3H3,(H2,11,12). The lowest BCUT2D eigenvalue weighted by Gasteiger charge is -2.28. The first-order valence-corrected chi connectivity index (χ1v) is 4.38. The van der Waals surface area contributed by atoms with Gasteiger partial charge in [-0.25, -0.2) is 0 Å². The van der Waals surface area contributed by atoms with Crippen molar-refractivity contribution >= 4 is 5.69 Å². The van der Waals surface area contributed by atoms with Crippen molar-refractivity contribution in [3.8, 4) is 0 Å². The molecule has 0 aromatic carbocycles. The topological polar surface area (TPSA) is 59.1 Å². The molecule has 0 bridgehead atoms. The van der Waals surface area contributed by atoms with Gasteiger partial charge in [0.1, 0.15) is 0 Å². The molecule has 1 atom stereocenters. The summed E-state index contributed by atoms with van der Waals surface area (Å²) < 4.78 is 0. The van der Waals surface area contributed by atoms with Gasteiger partial charge in [0.25, 0.3) is 0 Å². The molecule has 3 heteroatoms. The van der Waals surface area contributed by atoms with Crippen LogP contribution in [-0.4, -0.2) is 10.1 Å². The molecule has 0 saturated heterocycles. The lowest BCUT2D eigenvalue weighted by Crippen LogP contribution is -2.29. The van der Waals surface area contributed by atoms with E-state index in [1.807, 2.05) is 13.8 Å². The van der Waals surface area contributed by atoms with E-state index >= 15 is 0 Å². The maximum absolute atomic E-state index is 10.1. The molecule has 0 aliphatic rings.